The van der Waals surface area contributed by atoms with Crippen LogP contribution in [0, 0.1) is 0 Å². The molecule has 0 spiro atoms. The Hall–Kier alpha value is -2.40. The van der Waals surface area contributed by atoms with Crippen LogP contribution in [0.25, 0.3) is 0 Å². The molecule has 1 heterocycles. The summed E-state index contributed by atoms with van der Waals surface area (Å²) in [6.07, 6.45) is 4.32. The average molecular weight is 286 g/mol. The molecule has 0 aliphatic carbocycles. The number of hydrogen-bond donors (Lipinski definition) is 2. The van der Waals surface area contributed by atoms with Crippen LogP contribution in [-0.2, 0) is 6.42 Å². The molecule has 2 N–H and O–H groups in total. The first-order valence-electron chi connectivity index (χ1n) is 6.69. The molecule has 0 saturated carbocycles. The van der Waals surface area contributed by atoms with Crippen LogP contribution in [-0.4, -0.2) is 46.0 Å². The molecule has 2 rings (SSSR count). The summed E-state index contributed by atoms with van der Waals surface area (Å²) in [7, 11) is 1.86. The van der Waals surface area contributed by atoms with Crippen molar-refractivity contribution in [2.75, 3.05) is 20.1 Å². The first-order chi connectivity index (χ1) is 10.1. The predicted octanol–water partition coefficient (Wildman–Crippen LogP) is 1.85. The van der Waals surface area contributed by atoms with Gasteiger partial charge in [-0.25, -0.2) is 0 Å². The van der Waals surface area contributed by atoms with E-state index in [9.17, 15) is 15.0 Å². The highest BCUT2D eigenvalue weighted by Gasteiger charge is 2.13. The fourth-order valence-corrected chi connectivity index (χ4v) is 2.03. The zero-order valence-corrected chi connectivity index (χ0v) is 11.9. The van der Waals surface area contributed by atoms with Crippen molar-refractivity contribution >= 4 is 5.78 Å². The van der Waals surface area contributed by atoms with Gasteiger partial charge < -0.3 is 10.2 Å². The summed E-state index contributed by atoms with van der Waals surface area (Å²) < 4.78 is 0. The number of carbonyl (C=O) groups is 1. The van der Waals surface area contributed by atoms with Crippen LogP contribution in [0.15, 0.2) is 42.7 Å². The minimum Gasteiger partial charge on any atom is -0.508 e. The highest BCUT2D eigenvalue weighted by atomic mass is 16.3. The van der Waals surface area contributed by atoms with E-state index in [-0.39, 0.29) is 29.4 Å². The number of nitrogens with zero attached hydrogens (tertiary/aromatic N) is 2. The van der Waals surface area contributed by atoms with Gasteiger partial charge in [0.15, 0.2) is 5.78 Å². The van der Waals surface area contributed by atoms with Gasteiger partial charge in [-0.2, -0.15) is 0 Å². The Balaban J connectivity index is 1.90. The molecule has 110 valence electrons. The van der Waals surface area contributed by atoms with E-state index in [0.717, 1.165) is 18.5 Å². The molecule has 0 atom stereocenters. The zero-order valence-electron chi connectivity index (χ0n) is 11.9. The highest BCUT2D eigenvalue weighted by molar-refractivity contribution is 6.00. The number of benzene rings is 1. The monoisotopic (exact) mass is 286 g/mol. The largest absolute Gasteiger partial charge is 0.508 e. The van der Waals surface area contributed by atoms with Crippen molar-refractivity contribution in [1.82, 2.24) is 9.88 Å². The Morgan fingerprint density at radius 2 is 1.90 bits per heavy atom. The number of aromatic hydroxyl groups is 2. The molecule has 2 aromatic rings. The van der Waals surface area contributed by atoms with Gasteiger partial charge >= 0.3 is 0 Å². The third-order valence-electron chi connectivity index (χ3n) is 3.23. The van der Waals surface area contributed by atoms with Crippen LogP contribution in [0.3, 0.4) is 0 Å². The lowest BCUT2D eigenvalue weighted by atomic mass is 10.1. The van der Waals surface area contributed by atoms with Crippen molar-refractivity contribution < 1.29 is 15.0 Å². The van der Waals surface area contributed by atoms with E-state index in [0.29, 0.717) is 0 Å². The summed E-state index contributed by atoms with van der Waals surface area (Å²) >= 11 is 0. The fraction of sp³-hybridized carbons (Fsp3) is 0.250. The lowest BCUT2D eigenvalue weighted by Gasteiger charge is -2.16. The first-order valence-corrected chi connectivity index (χ1v) is 6.69. The number of rotatable bonds is 6. The van der Waals surface area contributed by atoms with Gasteiger partial charge in [0.1, 0.15) is 11.5 Å². The number of carbonyl (C=O) groups excluding carboxylic acids is 1. The molecular weight excluding hydrogens is 268 g/mol. The molecule has 0 aliphatic heterocycles. The minimum atomic E-state index is -0.192. The molecule has 0 radical (unpaired) electrons. The number of ketones is 1. The van der Waals surface area contributed by atoms with E-state index in [1.807, 2.05) is 24.1 Å². The lowest BCUT2D eigenvalue weighted by Crippen LogP contribution is -2.28. The first kappa shape index (κ1) is 15.0. The topological polar surface area (TPSA) is 73.7 Å². The van der Waals surface area contributed by atoms with E-state index in [4.69, 9.17) is 0 Å². The molecule has 0 saturated heterocycles. The Kier molecular flexibility index (Phi) is 4.90. The van der Waals surface area contributed by atoms with Gasteiger partial charge in [-0.3, -0.25) is 14.7 Å². The quantitative estimate of drug-likeness (QED) is 0.793. The second kappa shape index (κ2) is 6.85. The number of hydrogen-bond acceptors (Lipinski definition) is 5. The van der Waals surface area contributed by atoms with Gasteiger partial charge in [0.25, 0.3) is 0 Å². The molecule has 0 fully saturated rings. The van der Waals surface area contributed by atoms with Crippen LogP contribution in [0.4, 0.5) is 0 Å². The van der Waals surface area contributed by atoms with Crippen molar-refractivity contribution in [3.63, 3.8) is 0 Å². The standard InChI is InChI=1S/C16H18N2O3/c1-18(9-6-12-4-7-17-8-5-12)11-16(21)14-3-2-13(19)10-15(14)20/h2-5,7-8,10,19-20H,6,9,11H2,1H3. The molecule has 0 aliphatic rings. The Labute approximate surface area is 123 Å². The lowest BCUT2D eigenvalue weighted by molar-refractivity contribution is 0.0944. The van der Waals surface area contributed by atoms with Gasteiger partial charge in [-0.05, 0) is 43.3 Å². The average Bonchev–Trinajstić information content (AvgIpc) is 2.46. The summed E-state index contributed by atoms with van der Waals surface area (Å²) in [4.78, 5) is 18.0. The van der Waals surface area contributed by atoms with Gasteiger partial charge in [-0.15, -0.1) is 0 Å². The highest BCUT2D eigenvalue weighted by Crippen LogP contribution is 2.23. The van der Waals surface area contributed by atoms with Crippen LogP contribution in [0.2, 0.25) is 0 Å². The third kappa shape index (κ3) is 4.29. The van der Waals surface area contributed by atoms with Crippen molar-refractivity contribution in [3.05, 3.63) is 53.9 Å². The number of likely N-dealkylation sites (N-methyl/N-ethyl adjacent to an activating group) is 1. The fourth-order valence-electron chi connectivity index (χ4n) is 2.03. The normalized spacial score (nSPS) is 10.8. The van der Waals surface area contributed by atoms with E-state index >= 15 is 0 Å². The maximum Gasteiger partial charge on any atom is 0.180 e. The smallest absolute Gasteiger partial charge is 0.180 e. The molecule has 0 unspecified atom stereocenters. The van der Waals surface area contributed by atoms with Gasteiger partial charge in [-0.1, -0.05) is 0 Å². The number of phenols is 2. The molecule has 0 amide bonds. The zero-order chi connectivity index (χ0) is 15.2. The Bertz CT molecular complexity index is 614. The number of Topliss-reactive ketones (excluding diaryl/α,β-unsaturated/α-hetero) is 1. The maximum atomic E-state index is 12.1. The number of aromatic nitrogens is 1. The van der Waals surface area contributed by atoms with E-state index in [1.165, 1.54) is 18.2 Å². The second-order valence-electron chi connectivity index (χ2n) is 4.97. The van der Waals surface area contributed by atoms with E-state index < -0.39 is 0 Å². The molecule has 21 heavy (non-hydrogen) atoms. The minimum absolute atomic E-state index is 0.0601. The van der Waals surface area contributed by atoms with Crippen LogP contribution in [0.1, 0.15) is 15.9 Å². The van der Waals surface area contributed by atoms with Crippen LogP contribution < -0.4 is 0 Å². The summed E-state index contributed by atoms with van der Waals surface area (Å²) in [6, 6.07) is 7.89. The molecule has 5 heteroatoms. The second-order valence-corrected chi connectivity index (χ2v) is 4.97. The molecule has 1 aromatic heterocycles. The predicted molar refractivity (Wildman–Crippen MR) is 79.5 cm³/mol. The molecular formula is C16H18N2O3. The van der Waals surface area contributed by atoms with Crippen molar-refractivity contribution in [2.24, 2.45) is 0 Å². The van der Waals surface area contributed by atoms with Crippen LogP contribution in [0.5, 0.6) is 11.5 Å². The number of phenolic OH excluding ortho intramolecular Hbond substituents is 2. The molecule has 5 nitrogen and oxygen atoms in total. The summed E-state index contributed by atoms with van der Waals surface area (Å²) in [5.74, 6) is -0.428. The van der Waals surface area contributed by atoms with Crippen molar-refractivity contribution in [2.45, 2.75) is 6.42 Å². The van der Waals surface area contributed by atoms with Gasteiger partial charge in [0, 0.05) is 25.0 Å². The maximum absolute atomic E-state index is 12.1. The molecule has 1 aromatic carbocycles. The Morgan fingerprint density at radius 3 is 2.57 bits per heavy atom. The Morgan fingerprint density at radius 1 is 1.19 bits per heavy atom. The summed E-state index contributed by atoms with van der Waals surface area (Å²) in [5, 5.41) is 18.9. The molecule has 0 bridgehead atoms. The van der Waals surface area contributed by atoms with E-state index in [1.54, 1.807) is 12.4 Å². The SMILES string of the molecule is CN(CCc1ccncc1)CC(=O)c1ccc(O)cc1O. The van der Waals surface area contributed by atoms with Crippen LogP contribution >= 0.6 is 0 Å². The van der Waals surface area contributed by atoms with Crippen molar-refractivity contribution in [1.29, 1.82) is 0 Å². The van der Waals surface area contributed by atoms with Gasteiger partial charge in [0.05, 0.1) is 12.1 Å². The summed E-state index contributed by atoms with van der Waals surface area (Å²) in [6.45, 7) is 0.942. The van der Waals surface area contributed by atoms with E-state index in [2.05, 4.69) is 4.98 Å². The third-order valence-corrected chi connectivity index (χ3v) is 3.23. The van der Waals surface area contributed by atoms with Gasteiger partial charge in [0.2, 0.25) is 0 Å². The number of pyridine rings is 1. The summed E-state index contributed by atoms with van der Waals surface area (Å²) in [5.41, 5.74) is 1.39. The van der Waals surface area contributed by atoms with Crippen molar-refractivity contribution in [3.8, 4) is 11.5 Å².